The van der Waals surface area contributed by atoms with Crippen LogP contribution in [0.1, 0.15) is 35.1 Å². The van der Waals surface area contributed by atoms with Gasteiger partial charge in [0, 0.05) is 29.6 Å². The van der Waals surface area contributed by atoms with Crippen molar-refractivity contribution in [1.29, 1.82) is 0 Å². The molecule has 1 atom stereocenters. The monoisotopic (exact) mass is 432 g/mol. The maximum atomic E-state index is 13.3. The van der Waals surface area contributed by atoms with Gasteiger partial charge in [0.05, 0.1) is 16.7 Å². The standard InChI is InChI=1S/C21H24N2O4S2/c1-14-5-6-17(18-12-15(2)22-27-18)13-20(14)29(25,26)23-9-7-16(8-10-23)21(24)19-4-3-11-28-19/h3-6,11-13,16,21,24H,7-10H2,1-2H3. The van der Waals surface area contributed by atoms with Crippen molar-refractivity contribution in [2.24, 2.45) is 5.92 Å². The Hall–Kier alpha value is -2.00. The molecule has 1 fully saturated rings. The number of hydrogen-bond donors (Lipinski definition) is 1. The summed E-state index contributed by atoms with van der Waals surface area (Å²) in [7, 11) is -3.63. The minimum Gasteiger partial charge on any atom is -0.387 e. The predicted octanol–water partition coefficient (Wildman–Crippen LogP) is 4.15. The van der Waals surface area contributed by atoms with Crippen LogP contribution >= 0.6 is 11.3 Å². The van der Waals surface area contributed by atoms with E-state index >= 15 is 0 Å². The summed E-state index contributed by atoms with van der Waals surface area (Å²) in [6.07, 6.45) is 0.746. The van der Waals surface area contributed by atoms with Crippen molar-refractivity contribution >= 4 is 21.4 Å². The second kappa shape index (κ2) is 8.02. The molecule has 0 spiro atoms. The highest BCUT2D eigenvalue weighted by atomic mass is 32.2. The molecule has 1 N–H and O–H groups in total. The molecule has 1 aliphatic rings. The van der Waals surface area contributed by atoms with Gasteiger partial charge in [0.15, 0.2) is 5.76 Å². The lowest BCUT2D eigenvalue weighted by molar-refractivity contribution is 0.0788. The third-order valence-corrected chi connectivity index (χ3v) is 8.48. The number of aliphatic hydroxyl groups is 1. The van der Waals surface area contributed by atoms with Crippen LogP contribution in [0.15, 0.2) is 51.2 Å². The number of aromatic nitrogens is 1. The van der Waals surface area contributed by atoms with Gasteiger partial charge in [-0.05, 0) is 55.7 Å². The van der Waals surface area contributed by atoms with Crippen LogP contribution < -0.4 is 0 Å². The molecule has 2 aromatic heterocycles. The molecule has 0 aliphatic carbocycles. The van der Waals surface area contributed by atoms with Gasteiger partial charge in [-0.1, -0.05) is 23.4 Å². The van der Waals surface area contributed by atoms with E-state index in [1.54, 1.807) is 25.1 Å². The molecule has 0 amide bonds. The van der Waals surface area contributed by atoms with Gasteiger partial charge in [-0.2, -0.15) is 4.31 Å². The minimum atomic E-state index is -3.63. The molecule has 0 saturated carbocycles. The number of piperidine rings is 1. The van der Waals surface area contributed by atoms with Gasteiger partial charge in [0.1, 0.15) is 0 Å². The van der Waals surface area contributed by atoms with E-state index in [4.69, 9.17) is 4.52 Å². The summed E-state index contributed by atoms with van der Waals surface area (Å²) >= 11 is 1.54. The molecule has 8 heteroatoms. The number of rotatable bonds is 5. The number of aliphatic hydroxyl groups excluding tert-OH is 1. The van der Waals surface area contributed by atoms with E-state index in [1.807, 2.05) is 30.5 Å². The Morgan fingerprint density at radius 1 is 1.21 bits per heavy atom. The van der Waals surface area contributed by atoms with Crippen LogP contribution in [0.4, 0.5) is 0 Å². The van der Waals surface area contributed by atoms with Crippen LogP contribution in [0.25, 0.3) is 11.3 Å². The zero-order valence-corrected chi connectivity index (χ0v) is 18.0. The molecular weight excluding hydrogens is 408 g/mol. The number of aryl methyl sites for hydroxylation is 2. The summed E-state index contributed by atoms with van der Waals surface area (Å²) in [4.78, 5) is 1.23. The van der Waals surface area contributed by atoms with Crippen molar-refractivity contribution in [3.05, 3.63) is 57.9 Å². The molecule has 0 radical (unpaired) electrons. The van der Waals surface area contributed by atoms with E-state index < -0.39 is 16.1 Å². The Kier molecular flexibility index (Phi) is 5.61. The highest BCUT2D eigenvalue weighted by molar-refractivity contribution is 7.89. The van der Waals surface area contributed by atoms with Gasteiger partial charge in [-0.15, -0.1) is 11.3 Å². The van der Waals surface area contributed by atoms with Crippen LogP contribution in [0.5, 0.6) is 0 Å². The molecule has 1 aliphatic heterocycles. The molecule has 1 unspecified atom stereocenters. The first-order chi connectivity index (χ1) is 13.9. The van der Waals surface area contributed by atoms with Crippen molar-refractivity contribution in [3.8, 4) is 11.3 Å². The molecule has 6 nitrogen and oxygen atoms in total. The molecule has 1 saturated heterocycles. The third kappa shape index (κ3) is 4.02. The normalized spacial score (nSPS) is 17.5. The Labute approximate surface area is 174 Å². The third-order valence-electron chi connectivity index (χ3n) is 5.50. The Morgan fingerprint density at radius 2 is 1.97 bits per heavy atom. The van der Waals surface area contributed by atoms with E-state index in [9.17, 15) is 13.5 Å². The van der Waals surface area contributed by atoms with E-state index in [-0.39, 0.29) is 5.92 Å². The molecule has 154 valence electrons. The molecule has 3 aromatic rings. The number of hydrogen-bond acceptors (Lipinski definition) is 6. The lowest BCUT2D eigenvalue weighted by Crippen LogP contribution is -2.39. The van der Waals surface area contributed by atoms with Gasteiger partial charge in [-0.3, -0.25) is 0 Å². The quantitative estimate of drug-likeness (QED) is 0.655. The first kappa shape index (κ1) is 20.3. The van der Waals surface area contributed by atoms with Gasteiger partial charge in [-0.25, -0.2) is 8.42 Å². The number of benzene rings is 1. The molecule has 0 bridgehead atoms. The van der Waals surface area contributed by atoms with Crippen LogP contribution in [0.3, 0.4) is 0 Å². The lowest BCUT2D eigenvalue weighted by atomic mass is 9.91. The summed E-state index contributed by atoms with van der Waals surface area (Å²) in [5.41, 5.74) is 2.14. The SMILES string of the molecule is Cc1cc(-c2ccc(C)c(S(=O)(=O)N3CCC(C(O)c4cccs4)CC3)c2)on1. The first-order valence-electron chi connectivity index (χ1n) is 9.62. The van der Waals surface area contributed by atoms with Crippen molar-refractivity contribution in [3.63, 3.8) is 0 Å². The van der Waals surface area contributed by atoms with Crippen molar-refractivity contribution in [2.45, 2.75) is 37.7 Å². The fraction of sp³-hybridized carbons (Fsp3) is 0.381. The minimum absolute atomic E-state index is 0.0738. The zero-order chi connectivity index (χ0) is 20.6. The Morgan fingerprint density at radius 3 is 2.59 bits per heavy atom. The van der Waals surface area contributed by atoms with Gasteiger partial charge in [0.2, 0.25) is 10.0 Å². The average Bonchev–Trinajstić information content (AvgIpc) is 3.40. The highest BCUT2D eigenvalue weighted by Gasteiger charge is 2.33. The number of sulfonamides is 1. The molecule has 29 heavy (non-hydrogen) atoms. The highest BCUT2D eigenvalue weighted by Crippen LogP contribution is 2.35. The second-order valence-corrected chi connectivity index (χ2v) is 10.4. The zero-order valence-electron chi connectivity index (χ0n) is 16.4. The summed E-state index contributed by atoms with van der Waals surface area (Å²) in [5.74, 6) is 0.626. The molecular formula is C21H24N2O4S2. The predicted molar refractivity (Wildman–Crippen MR) is 112 cm³/mol. The maximum Gasteiger partial charge on any atom is 0.243 e. The van der Waals surface area contributed by atoms with Crippen LogP contribution in [-0.4, -0.2) is 36.1 Å². The smallest absolute Gasteiger partial charge is 0.243 e. The van der Waals surface area contributed by atoms with Crippen molar-refractivity contribution < 1.29 is 18.0 Å². The summed E-state index contributed by atoms with van der Waals surface area (Å²) < 4.78 is 33.5. The van der Waals surface area contributed by atoms with Gasteiger partial charge in [0.25, 0.3) is 0 Å². The van der Waals surface area contributed by atoms with E-state index in [0.29, 0.717) is 47.7 Å². The Balaban J connectivity index is 1.53. The topological polar surface area (TPSA) is 83.6 Å². The lowest BCUT2D eigenvalue weighted by Gasteiger charge is -2.33. The van der Waals surface area contributed by atoms with Crippen LogP contribution in [0.2, 0.25) is 0 Å². The summed E-state index contributed by atoms with van der Waals surface area (Å²) in [5, 5.41) is 16.4. The van der Waals surface area contributed by atoms with Gasteiger partial charge >= 0.3 is 0 Å². The van der Waals surface area contributed by atoms with E-state index in [1.165, 1.54) is 15.6 Å². The average molecular weight is 433 g/mol. The summed E-state index contributed by atoms with van der Waals surface area (Å²) in [6.45, 7) is 4.43. The molecule has 1 aromatic carbocycles. The van der Waals surface area contributed by atoms with E-state index in [2.05, 4.69) is 5.16 Å². The Bertz CT molecular complexity index is 1080. The molecule has 3 heterocycles. The number of thiophene rings is 1. The van der Waals surface area contributed by atoms with Crippen LogP contribution in [0, 0.1) is 19.8 Å². The fourth-order valence-electron chi connectivity index (χ4n) is 3.79. The fourth-order valence-corrected chi connectivity index (χ4v) is 6.32. The maximum absolute atomic E-state index is 13.3. The first-order valence-corrected chi connectivity index (χ1v) is 11.9. The summed E-state index contributed by atoms with van der Waals surface area (Å²) in [6, 6.07) is 11.0. The molecule has 4 rings (SSSR count). The van der Waals surface area contributed by atoms with Crippen molar-refractivity contribution in [1.82, 2.24) is 9.46 Å². The number of nitrogens with zero attached hydrogens (tertiary/aromatic N) is 2. The van der Waals surface area contributed by atoms with Gasteiger partial charge < -0.3 is 9.63 Å². The van der Waals surface area contributed by atoms with Crippen LogP contribution in [-0.2, 0) is 10.0 Å². The second-order valence-electron chi connectivity index (χ2n) is 7.51. The van der Waals surface area contributed by atoms with E-state index in [0.717, 1.165) is 10.6 Å². The van der Waals surface area contributed by atoms with Crippen molar-refractivity contribution in [2.75, 3.05) is 13.1 Å². The largest absolute Gasteiger partial charge is 0.387 e.